The Bertz CT molecular complexity index is 1140. The molecule has 0 aliphatic rings. The summed E-state index contributed by atoms with van der Waals surface area (Å²) in [6.07, 6.45) is 2.86. The molecule has 1 unspecified atom stereocenters. The fraction of sp³-hybridized carbons (Fsp3) is 0.240. The van der Waals surface area contributed by atoms with E-state index in [0.29, 0.717) is 5.75 Å². The molecule has 3 nitrogen and oxygen atoms in total. The molecule has 0 amide bonds. The summed E-state index contributed by atoms with van der Waals surface area (Å²) in [7, 11) is 0. The van der Waals surface area contributed by atoms with Crippen LogP contribution in [0.1, 0.15) is 25.0 Å². The molecule has 0 spiro atoms. The van der Waals surface area contributed by atoms with Crippen LogP contribution in [-0.4, -0.2) is 27.3 Å². The zero-order valence-corrected chi connectivity index (χ0v) is 18.7. The molecule has 1 atom stereocenters. The SMILES string of the molecule is CCc1ccccc1SCC(C)(O)c1ccc2c(cnn2-c2ccccc2)c1.FC(F)F. The van der Waals surface area contributed by atoms with Crippen molar-refractivity contribution in [3.63, 3.8) is 0 Å². The number of thioether (sulfide) groups is 1. The van der Waals surface area contributed by atoms with Gasteiger partial charge in [0.05, 0.1) is 23.0 Å². The highest BCUT2D eigenvalue weighted by Gasteiger charge is 2.24. The molecule has 4 aromatic rings. The molecule has 1 aromatic heterocycles. The van der Waals surface area contributed by atoms with Crippen LogP contribution in [0, 0.1) is 0 Å². The standard InChI is InChI=1S/C24H24N2OS.CHF3/c1-3-18-9-7-8-12-23(18)28-17-24(2,27)20-13-14-22-19(15-20)16-25-26(22)21-10-5-4-6-11-21;2-1(3)4/h4-16,27H,3,17H2,1-2H3;1H. The fourth-order valence-corrected chi connectivity index (χ4v) is 4.56. The Balaban J connectivity index is 0.000000668. The molecule has 0 saturated heterocycles. The lowest BCUT2D eigenvalue weighted by atomic mass is 9.97. The van der Waals surface area contributed by atoms with Gasteiger partial charge in [0, 0.05) is 16.0 Å². The quantitative estimate of drug-likeness (QED) is 0.324. The third-order valence-corrected chi connectivity index (χ3v) is 6.47. The summed E-state index contributed by atoms with van der Waals surface area (Å²) < 4.78 is 30.9. The molecular formula is C25H25F3N2OS. The lowest BCUT2D eigenvalue weighted by Crippen LogP contribution is -2.24. The Kier molecular flexibility index (Phi) is 7.99. The minimum Gasteiger partial charge on any atom is -0.385 e. The van der Waals surface area contributed by atoms with Gasteiger partial charge in [-0.1, -0.05) is 49.4 Å². The lowest BCUT2D eigenvalue weighted by molar-refractivity contribution is 0.00818. The summed E-state index contributed by atoms with van der Waals surface area (Å²) >= 11 is 1.71. The minimum atomic E-state index is -3.67. The van der Waals surface area contributed by atoms with Crippen LogP contribution in [0.25, 0.3) is 16.6 Å². The number of rotatable bonds is 6. The van der Waals surface area contributed by atoms with Crippen LogP contribution in [0.3, 0.4) is 0 Å². The van der Waals surface area contributed by atoms with Gasteiger partial charge in [-0.15, -0.1) is 11.8 Å². The average molecular weight is 459 g/mol. The van der Waals surface area contributed by atoms with E-state index in [1.54, 1.807) is 11.8 Å². The first-order valence-electron chi connectivity index (χ1n) is 10.2. The molecule has 0 bridgehead atoms. The molecule has 0 saturated carbocycles. The first-order chi connectivity index (χ1) is 15.3. The molecular weight excluding hydrogens is 433 g/mol. The van der Waals surface area contributed by atoms with Crippen LogP contribution >= 0.6 is 11.8 Å². The van der Waals surface area contributed by atoms with Gasteiger partial charge in [0.25, 0.3) is 0 Å². The zero-order valence-electron chi connectivity index (χ0n) is 17.9. The Morgan fingerprint density at radius 1 is 1.00 bits per heavy atom. The minimum absolute atomic E-state index is 0.600. The van der Waals surface area contributed by atoms with Gasteiger partial charge < -0.3 is 5.11 Å². The van der Waals surface area contributed by atoms with Gasteiger partial charge in [-0.2, -0.15) is 18.3 Å². The monoisotopic (exact) mass is 458 g/mol. The summed E-state index contributed by atoms with van der Waals surface area (Å²) in [6, 6.07) is 24.6. The van der Waals surface area contributed by atoms with E-state index in [9.17, 15) is 18.3 Å². The van der Waals surface area contributed by atoms with Gasteiger partial charge in [0.1, 0.15) is 0 Å². The van der Waals surface area contributed by atoms with E-state index in [2.05, 4.69) is 36.3 Å². The number of benzene rings is 3. The topological polar surface area (TPSA) is 38.1 Å². The second-order valence-electron chi connectivity index (χ2n) is 7.44. The van der Waals surface area contributed by atoms with E-state index in [1.165, 1.54) is 10.5 Å². The van der Waals surface area contributed by atoms with Crippen molar-refractivity contribution >= 4 is 22.7 Å². The maximum atomic E-state index is 11.1. The molecule has 7 heteroatoms. The highest BCUT2D eigenvalue weighted by molar-refractivity contribution is 7.99. The molecule has 168 valence electrons. The molecule has 1 heterocycles. The number of hydrogen-bond donors (Lipinski definition) is 1. The highest BCUT2D eigenvalue weighted by atomic mass is 32.2. The summed E-state index contributed by atoms with van der Waals surface area (Å²) in [6.45, 7) is 0.382. The van der Waals surface area contributed by atoms with E-state index < -0.39 is 12.3 Å². The number of aromatic nitrogens is 2. The number of fused-ring (bicyclic) bond motifs is 1. The first kappa shape index (κ1) is 23.9. The van der Waals surface area contributed by atoms with Crippen LogP contribution in [0.5, 0.6) is 0 Å². The molecule has 3 aromatic carbocycles. The molecule has 0 radical (unpaired) electrons. The first-order valence-corrected chi connectivity index (χ1v) is 11.2. The number of halogens is 3. The van der Waals surface area contributed by atoms with Crippen LogP contribution < -0.4 is 0 Å². The number of hydrogen-bond acceptors (Lipinski definition) is 3. The number of para-hydroxylation sites is 1. The van der Waals surface area contributed by atoms with Crippen molar-refractivity contribution in [2.75, 3.05) is 5.75 Å². The maximum Gasteiger partial charge on any atom is 0.379 e. The second-order valence-corrected chi connectivity index (χ2v) is 8.45. The van der Waals surface area contributed by atoms with Gasteiger partial charge in [0.15, 0.2) is 0 Å². The summed E-state index contributed by atoms with van der Waals surface area (Å²) in [5.74, 6) is 0.600. The second kappa shape index (κ2) is 10.7. The molecule has 1 N–H and O–H groups in total. The van der Waals surface area contributed by atoms with Gasteiger partial charge >= 0.3 is 6.68 Å². The molecule has 0 aliphatic heterocycles. The van der Waals surface area contributed by atoms with Crippen molar-refractivity contribution in [1.82, 2.24) is 9.78 Å². The van der Waals surface area contributed by atoms with E-state index in [4.69, 9.17) is 0 Å². The van der Waals surface area contributed by atoms with Crippen molar-refractivity contribution < 1.29 is 18.3 Å². The van der Waals surface area contributed by atoms with E-state index in [-0.39, 0.29) is 0 Å². The predicted molar refractivity (Wildman–Crippen MR) is 124 cm³/mol. The molecule has 4 rings (SSSR count). The normalized spacial score (nSPS) is 13.0. The zero-order chi connectivity index (χ0) is 23.1. The van der Waals surface area contributed by atoms with Gasteiger partial charge in [0.2, 0.25) is 0 Å². The fourth-order valence-electron chi connectivity index (χ4n) is 3.38. The van der Waals surface area contributed by atoms with Crippen molar-refractivity contribution in [3.05, 3.63) is 90.1 Å². The third kappa shape index (κ3) is 5.93. The van der Waals surface area contributed by atoms with Gasteiger partial charge in [-0.25, -0.2) is 4.68 Å². The number of nitrogens with zero attached hydrogens (tertiary/aromatic N) is 2. The highest BCUT2D eigenvalue weighted by Crippen LogP contribution is 2.33. The van der Waals surface area contributed by atoms with Crippen molar-refractivity contribution in [1.29, 1.82) is 0 Å². The summed E-state index contributed by atoms with van der Waals surface area (Å²) in [5.41, 5.74) is 3.38. The molecule has 0 aliphatic carbocycles. The van der Waals surface area contributed by atoms with Crippen molar-refractivity contribution in [3.8, 4) is 5.69 Å². The number of aliphatic hydroxyl groups is 1. The third-order valence-electron chi connectivity index (χ3n) is 5.05. The van der Waals surface area contributed by atoms with Crippen molar-refractivity contribution in [2.45, 2.75) is 37.4 Å². The van der Waals surface area contributed by atoms with Gasteiger partial charge in [-0.05, 0) is 54.8 Å². The van der Waals surface area contributed by atoms with Crippen LogP contribution in [0.2, 0.25) is 0 Å². The molecule has 32 heavy (non-hydrogen) atoms. The maximum absolute atomic E-state index is 11.1. The Morgan fingerprint density at radius 3 is 2.34 bits per heavy atom. The largest absolute Gasteiger partial charge is 0.385 e. The van der Waals surface area contributed by atoms with Gasteiger partial charge in [-0.3, -0.25) is 0 Å². The van der Waals surface area contributed by atoms with E-state index in [1.807, 2.05) is 66.3 Å². The average Bonchev–Trinajstić information content (AvgIpc) is 3.21. The van der Waals surface area contributed by atoms with Crippen LogP contribution in [-0.2, 0) is 12.0 Å². The van der Waals surface area contributed by atoms with Crippen LogP contribution in [0.15, 0.2) is 83.9 Å². The predicted octanol–water partition coefficient (Wildman–Crippen LogP) is 6.77. The molecule has 0 fully saturated rings. The number of alkyl halides is 3. The lowest BCUT2D eigenvalue weighted by Gasteiger charge is -2.24. The van der Waals surface area contributed by atoms with E-state index in [0.717, 1.165) is 28.6 Å². The number of aryl methyl sites for hydroxylation is 1. The van der Waals surface area contributed by atoms with Crippen molar-refractivity contribution in [2.24, 2.45) is 0 Å². The summed E-state index contributed by atoms with van der Waals surface area (Å²) in [5, 5.41) is 16.7. The summed E-state index contributed by atoms with van der Waals surface area (Å²) in [4.78, 5) is 1.24. The Morgan fingerprint density at radius 2 is 1.66 bits per heavy atom. The van der Waals surface area contributed by atoms with E-state index >= 15 is 0 Å². The Labute approximate surface area is 189 Å². The van der Waals surface area contributed by atoms with Crippen LogP contribution in [0.4, 0.5) is 13.2 Å². The Hall–Kier alpha value is -2.77. The smallest absolute Gasteiger partial charge is 0.379 e.